The van der Waals surface area contributed by atoms with E-state index in [1.165, 1.54) is 0 Å². The average Bonchev–Trinajstić information content (AvgIpc) is 3.23. The first-order chi connectivity index (χ1) is 15.3. The molecular formula is C22H22N8O. The van der Waals surface area contributed by atoms with Crippen LogP contribution in [-0.4, -0.2) is 61.7 Å². The summed E-state index contributed by atoms with van der Waals surface area (Å²) in [6, 6.07) is 17.3. The summed E-state index contributed by atoms with van der Waals surface area (Å²) in [6.07, 6.45) is 3.45. The van der Waals surface area contributed by atoms with Gasteiger partial charge < -0.3 is 19.7 Å². The maximum atomic E-state index is 12.8. The zero-order valence-electron chi connectivity index (χ0n) is 16.9. The minimum Gasteiger partial charge on any atom is -0.352 e. The number of fused-ring (bicyclic) bond motifs is 1. The van der Waals surface area contributed by atoms with Gasteiger partial charge in [-0.1, -0.05) is 18.2 Å². The van der Waals surface area contributed by atoms with E-state index < -0.39 is 0 Å². The molecule has 0 unspecified atom stereocenters. The largest absolute Gasteiger partial charge is 0.352 e. The molecule has 9 heteroatoms. The van der Waals surface area contributed by atoms with Crippen LogP contribution in [-0.2, 0) is 11.3 Å². The molecule has 1 aliphatic heterocycles. The number of carbonyl (C=O) groups is 1. The monoisotopic (exact) mass is 414 g/mol. The lowest BCUT2D eigenvalue weighted by Crippen LogP contribution is -2.49. The van der Waals surface area contributed by atoms with Gasteiger partial charge in [-0.15, -0.1) is 10.2 Å². The molecule has 0 spiro atoms. The summed E-state index contributed by atoms with van der Waals surface area (Å²) in [7, 11) is 0. The van der Waals surface area contributed by atoms with Crippen molar-refractivity contribution in [3.8, 4) is 0 Å². The van der Waals surface area contributed by atoms with E-state index in [4.69, 9.17) is 0 Å². The van der Waals surface area contributed by atoms with Gasteiger partial charge >= 0.3 is 0 Å². The van der Waals surface area contributed by atoms with Crippen molar-refractivity contribution in [1.29, 1.82) is 0 Å². The average molecular weight is 414 g/mol. The van der Waals surface area contributed by atoms with Crippen molar-refractivity contribution in [3.05, 3.63) is 67.1 Å². The highest BCUT2D eigenvalue weighted by atomic mass is 16.2. The predicted molar refractivity (Wildman–Crippen MR) is 118 cm³/mol. The first-order valence-corrected chi connectivity index (χ1v) is 10.2. The van der Waals surface area contributed by atoms with Gasteiger partial charge in [-0.25, -0.2) is 9.97 Å². The SMILES string of the molecule is O=C(Cn1cnc2ccccc21)N1CCN(c2ccc(Nc3ccccn3)nn2)CC1. The highest BCUT2D eigenvalue weighted by molar-refractivity contribution is 5.80. The number of carbonyl (C=O) groups excluding carboxylic acids is 1. The molecule has 156 valence electrons. The van der Waals surface area contributed by atoms with Crippen LogP contribution in [0.2, 0.25) is 0 Å². The molecule has 9 nitrogen and oxygen atoms in total. The Hall–Kier alpha value is -4.01. The molecule has 0 atom stereocenters. The van der Waals surface area contributed by atoms with Crippen molar-refractivity contribution in [2.75, 3.05) is 36.4 Å². The van der Waals surface area contributed by atoms with E-state index in [-0.39, 0.29) is 5.91 Å². The number of imidazole rings is 1. The molecule has 3 aromatic heterocycles. The summed E-state index contributed by atoms with van der Waals surface area (Å²) in [4.78, 5) is 25.4. The highest BCUT2D eigenvalue weighted by Gasteiger charge is 2.22. The van der Waals surface area contributed by atoms with Gasteiger partial charge in [-0.3, -0.25) is 4.79 Å². The van der Waals surface area contributed by atoms with Crippen LogP contribution in [0.5, 0.6) is 0 Å². The molecule has 0 saturated carbocycles. The Morgan fingerprint density at radius 2 is 1.71 bits per heavy atom. The highest BCUT2D eigenvalue weighted by Crippen LogP contribution is 2.17. The summed E-state index contributed by atoms with van der Waals surface area (Å²) < 4.78 is 1.91. The van der Waals surface area contributed by atoms with Crippen LogP contribution in [0, 0.1) is 0 Å². The van der Waals surface area contributed by atoms with Crippen molar-refractivity contribution in [2.24, 2.45) is 0 Å². The summed E-state index contributed by atoms with van der Waals surface area (Å²) in [5.74, 6) is 2.27. The van der Waals surface area contributed by atoms with E-state index in [0.29, 0.717) is 25.5 Å². The van der Waals surface area contributed by atoms with Gasteiger partial charge in [0.15, 0.2) is 11.6 Å². The van der Waals surface area contributed by atoms with Gasteiger partial charge in [0.2, 0.25) is 5.91 Å². The third-order valence-electron chi connectivity index (χ3n) is 5.36. The third kappa shape index (κ3) is 4.16. The fourth-order valence-electron chi connectivity index (χ4n) is 3.70. The molecule has 1 N–H and O–H groups in total. The molecule has 1 saturated heterocycles. The Labute approximate surface area is 179 Å². The quantitative estimate of drug-likeness (QED) is 0.536. The lowest BCUT2D eigenvalue weighted by molar-refractivity contribution is -0.132. The molecule has 0 bridgehead atoms. The summed E-state index contributed by atoms with van der Waals surface area (Å²) in [5, 5.41) is 11.7. The molecule has 0 aliphatic carbocycles. The molecule has 4 heterocycles. The second-order valence-electron chi connectivity index (χ2n) is 7.35. The van der Waals surface area contributed by atoms with Crippen LogP contribution in [0.1, 0.15) is 0 Å². The number of para-hydroxylation sites is 2. The number of anilines is 3. The van der Waals surface area contributed by atoms with Crippen molar-refractivity contribution < 1.29 is 4.79 Å². The summed E-state index contributed by atoms with van der Waals surface area (Å²) >= 11 is 0. The number of piperazine rings is 1. The fourth-order valence-corrected chi connectivity index (χ4v) is 3.70. The van der Waals surface area contributed by atoms with E-state index >= 15 is 0 Å². The van der Waals surface area contributed by atoms with E-state index in [0.717, 1.165) is 35.8 Å². The molecule has 31 heavy (non-hydrogen) atoms. The molecule has 0 radical (unpaired) electrons. The van der Waals surface area contributed by atoms with Crippen molar-refractivity contribution in [1.82, 2.24) is 29.6 Å². The van der Waals surface area contributed by atoms with Crippen LogP contribution in [0.25, 0.3) is 11.0 Å². The van der Waals surface area contributed by atoms with Gasteiger partial charge in [0.25, 0.3) is 0 Å². The van der Waals surface area contributed by atoms with Gasteiger partial charge in [0, 0.05) is 32.4 Å². The Kier molecular flexibility index (Phi) is 5.14. The first-order valence-electron chi connectivity index (χ1n) is 10.2. The molecular weight excluding hydrogens is 392 g/mol. The molecule has 1 fully saturated rings. The molecule has 4 aromatic rings. The second-order valence-corrected chi connectivity index (χ2v) is 7.35. The van der Waals surface area contributed by atoms with Crippen LogP contribution >= 0.6 is 0 Å². The number of nitrogens with one attached hydrogen (secondary N) is 1. The van der Waals surface area contributed by atoms with Crippen molar-refractivity contribution >= 4 is 34.4 Å². The lowest BCUT2D eigenvalue weighted by atomic mass is 10.3. The number of amides is 1. The van der Waals surface area contributed by atoms with Gasteiger partial charge in [0.1, 0.15) is 12.4 Å². The molecule has 1 aromatic carbocycles. The molecule has 1 aliphatic rings. The van der Waals surface area contributed by atoms with E-state index in [9.17, 15) is 4.79 Å². The number of aromatic nitrogens is 5. The molecule has 1 amide bonds. The van der Waals surface area contributed by atoms with Crippen LogP contribution in [0.4, 0.5) is 17.5 Å². The minimum atomic E-state index is 0.101. The predicted octanol–water partition coefficient (Wildman–Crippen LogP) is 2.31. The Balaban J connectivity index is 1.17. The summed E-state index contributed by atoms with van der Waals surface area (Å²) in [6.45, 7) is 3.05. The first kappa shape index (κ1) is 19.0. The fraction of sp³-hybridized carbons (Fsp3) is 0.227. The van der Waals surface area contributed by atoms with E-state index in [2.05, 4.69) is 30.4 Å². The van der Waals surface area contributed by atoms with Crippen LogP contribution < -0.4 is 10.2 Å². The topological polar surface area (TPSA) is 92.1 Å². The number of rotatable bonds is 5. The van der Waals surface area contributed by atoms with Crippen LogP contribution in [0.3, 0.4) is 0 Å². The van der Waals surface area contributed by atoms with Crippen molar-refractivity contribution in [2.45, 2.75) is 6.54 Å². The standard InChI is InChI=1S/C22H22N8O/c31-22(15-30-16-24-17-5-1-2-6-18(17)30)29-13-11-28(12-14-29)21-9-8-20(26-27-21)25-19-7-3-4-10-23-19/h1-10,16H,11-15H2,(H,23,25,26). The minimum absolute atomic E-state index is 0.101. The van der Waals surface area contributed by atoms with E-state index in [1.54, 1.807) is 12.5 Å². The lowest BCUT2D eigenvalue weighted by Gasteiger charge is -2.35. The number of hydrogen-bond acceptors (Lipinski definition) is 7. The van der Waals surface area contributed by atoms with Gasteiger partial charge in [-0.05, 0) is 36.4 Å². The smallest absolute Gasteiger partial charge is 0.242 e. The number of nitrogens with zero attached hydrogens (tertiary/aromatic N) is 7. The maximum Gasteiger partial charge on any atom is 0.242 e. The van der Waals surface area contributed by atoms with Crippen LogP contribution in [0.15, 0.2) is 67.1 Å². The Morgan fingerprint density at radius 1 is 0.871 bits per heavy atom. The second kappa shape index (κ2) is 8.39. The van der Waals surface area contributed by atoms with E-state index in [1.807, 2.05) is 64.1 Å². The molecule has 5 rings (SSSR count). The summed E-state index contributed by atoms with van der Waals surface area (Å²) in [5.41, 5.74) is 1.88. The Morgan fingerprint density at radius 3 is 2.48 bits per heavy atom. The van der Waals surface area contributed by atoms with Crippen molar-refractivity contribution in [3.63, 3.8) is 0 Å². The van der Waals surface area contributed by atoms with Gasteiger partial charge in [0.05, 0.1) is 17.4 Å². The number of pyridine rings is 1. The number of benzene rings is 1. The zero-order chi connectivity index (χ0) is 21.0. The third-order valence-corrected chi connectivity index (χ3v) is 5.36. The number of hydrogen-bond donors (Lipinski definition) is 1. The Bertz CT molecular complexity index is 1170. The maximum absolute atomic E-state index is 12.8. The zero-order valence-corrected chi connectivity index (χ0v) is 16.9. The van der Waals surface area contributed by atoms with Gasteiger partial charge in [-0.2, -0.15) is 0 Å². The normalized spacial score (nSPS) is 14.1.